The zero-order valence-corrected chi connectivity index (χ0v) is 18.9. The van der Waals surface area contributed by atoms with Gasteiger partial charge >= 0.3 is 0 Å². The van der Waals surface area contributed by atoms with Crippen LogP contribution in [0.5, 0.6) is 0 Å². The molecule has 4 rings (SSSR count). The molecule has 0 saturated carbocycles. The normalized spacial score (nSPS) is 15.2. The molecule has 0 bridgehead atoms. The maximum absolute atomic E-state index is 13.0. The Kier molecular flexibility index (Phi) is 7.46. The molecule has 0 radical (unpaired) electrons. The third-order valence-electron chi connectivity index (χ3n) is 6.22. The molecular weight excluding hydrogens is 410 g/mol. The Labute approximate surface area is 195 Å². The highest BCUT2D eigenvalue weighted by Gasteiger charge is 2.28. The van der Waals surface area contributed by atoms with E-state index in [1.165, 1.54) is 0 Å². The SMILES string of the molecule is Cc1ncccc1C(C#N)N1CCN(C(=O)CNC(c2ccccc2)c2ccccc2)CC1. The largest absolute Gasteiger partial charge is 0.339 e. The summed E-state index contributed by atoms with van der Waals surface area (Å²) in [6.45, 7) is 4.75. The van der Waals surface area contributed by atoms with E-state index in [1.807, 2.05) is 60.4 Å². The van der Waals surface area contributed by atoms with Crippen molar-refractivity contribution in [2.45, 2.75) is 19.0 Å². The summed E-state index contributed by atoms with van der Waals surface area (Å²) in [5.41, 5.74) is 4.07. The molecule has 1 unspecified atom stereocenters. The number of amides is 1. The number of hydrogen-bond donors (Lipinski definition) is 1. The van der Waals surface area contributed by atoms with Gasteiger partial charge in [0, 0.05) is 43.6 Å². The fourth-order valence-electron chi connectivity index (χ4n) is 4.38. The van der Waals surface area contributed by atoms with Gasteiger partial charge in [0.1, 0.15) is 6.04 Å². The molecule has 1 aliphatic heterocycles. The first-order valence-electron chi connectivity index (χ1n) is 11.3. The van der Waals surface area contributed by atoms with Gasteiger partial charge in [-0.2, -0.15) is 5.26 Å². The summed E-state index contributed by atoms with van der Waals surface area (Å²) in [6, 6.07) is 26.3. The predicted octanol–water partition coefficient (Wildman–Crippen LogP) is 3.48. The van der Waals surface area contributed by atoms with Gasteiger partial charge in [-0.3, -0.25) is 20.0 Å². The first-order chi connectivity index (χ1) is 16.2. The van der Waals surface area contributed by atoms with Crippen molar-refractivity contribution in [3.8, 4) is 6.07 Å². The van der Waals surface area contributed by atoms with Crippen LogP contribution in [0.1, 0.15) is 34.5 Å². The number of hydrogen-bond acceptors (Lipinski definition) is 5. The van der Waals surface area contributed by atoms with Gasteiger partial charge in [0.25, 0.3) is 0 Å². The molecule has 6 heteroatoms. The van der Waals surface area contributed by atoms with Crippen molar-refractivity contribution in [2.75, 3.05) is 32.7 Å². The van der Waals surface area contributed by atoms with Gasteiger partial charge in [-0.15, -0.1) is 0 Å². The van der Waals surface area contributed by atoms with Crippen LogP contribution in [0.25, 0.3) is 0 Å². The van der Waals surface area contributed by atoms with E-state index < -0.39 is 0 Å². The molecule has 1 atom stereocenters. The average Bonchev–Trinajstić information content (AvgIpc) is 2.87. The van der Waals surface area contributed by atoms with E-state index in [-0.39, 0.29) is 24.5 Å². The maximum Gasteiger partial charge on any atom is 0.236 e. The van der Waals surface area contributed by atoms with Gasteiger partial charge in [0.2, 0.25) is 5.91 Å². The van der Waals surface area contributed by atoms with Crippen molar-refractivity contribution in [3.05, 3.63) is 101 Å². The van der Waals surface area contributed by atoms with Gasteiger partial charge in [-0.1, -0.05) is 66.7 Å². The lowest BCUT2D eigenvalue weighted by Gasteiger charge is -2.37. The van der Waals surface area contributed by atoms with Crippen LogP contribution >= 0.6 is 0 Å². The monoisotopic (exact) mass is 439 g/mol. The quantitative estimate of drug-likeness (QED) is 0.610. The summed E-state index contributed by atoms with van der Waals surface area (Å²) in [5.74, 6) is 0.0811. The molecular formula is C27H29N5O. The molecule has 0 aliphatic carbocycles. The standard InChI is InChI=1S/C27H29N5O/c1-21-24(13-8-14-29-21)25(19-28)31-15-17-32(18-16-31)26(33)20-30-27(22-9-4-2-5-10-22)23-11-6-3-7-12-23/h2-14,25,27,30H,15-18,20H2,1H3. The third kappa shape index (κ3) is 5.46. The highest BCUT2D eigenvalue weighted by Crippen LogP contribution is 2.24. The lowest BCUT2D eigenvalue weighted by atomic mass is 9.99. The fraction of sp³-hybridized carbons (Fsp3) is 0.296. The zero-order chi connectivity index (χ0) is 23.0. The molecule has 1 N–H and O–H groups in total. The second-order valence-electron chi connectivity index (χ2n) is 8.26. The summed E-state index contributed by atoms with van der Waals surface area (Å²) in [7, 11) is 0. The predicted molar refractivity (Wildman–Crippen MR) is 128 cm³/mol. The summed E-state index contributed by atoms with van der Waals surface area (Å²) in [6.07, 6.45) is 1.75. The summed E-state index contributed by atoms with van der Waals surface area (Å²) >= 11 is 0. The topological polar surface area (TPSA) is 72.3 Å². The van der Waals surface area contributed by atoms with Gasteiger partial charge in [0.15, 0.2) is 0 Å². The minimum Gasteiger partial charge on any atom is -0.339 e. The second kappa shape index (κ2) is 10.9. The molecule has 3 aromatic rings. The minimum absolute atomic E-state index is 0.0471. The highest BCUT2D eigenvalue weighted by atomic mass is 16.2. The number of rotatable bonds is 7. The molecule has 2 heterocycles. The lowest BCUT2D eigenvalue weighted by Crippen LogP contribution is -2.51. The van der Waals surface area contributed by atoms with Crippen LogP contribution in [0, 0.1) is 18.3 Å². The van der Waals surface area contributed by atoms with Crippen molar-refractivity contribution in [1.29, 1.82) is 5.26 Å². The van der Waals surface area contributed by atoms with Crippen LogP contribution in [0.15, 0.2) is 79.0 Å². The van der Waals surface area contributed by atoms with Gasteiger partial charge in [-0.05, 0) is 24.1 Å². The third-order valence-corrected chi connectivity index (χ3v) is 6.22. The van der Waals surface area contributed by atoms with Crippen molar-refractivity contribution in [1.82, 2.24) is 20.1 Å². The van der Waals surface area contributed by atoms with E-state index in [9.17, 15) is 10.1 Å². The molecule has 168 valence electrons. The van der Waals surface area contributed by atoms with Gasteiger partial charge < -0.3 is 4.90 Å². The molecule has 2 aromatic carbocycles. The average molecular weight is 440 g/mol. The molecule has 1 aliphatic rings. The number of piperazine rings is 1. The van der Waals surface area contributed by atoms with Gasteiger partial charge in [0.05, 0.1) is 18.7 Å². The molecule has 1 amide bonds. The number of pyridine rings is 1. The van der Waals surface area contributed by atoms with Crippen LogP contribution in [-0.2, 0) is 4.79 Å². The first kappa shape index (κ1) is 22.7. The van der Waals surface area contributed by atoms with Crippen molar-refractivity contribution in [2.24, 2.45) is 0 Å². The Bertz CT molecular complexity index is 1050. The number of nitrogens with one attached hydrogen (secondary N) is 1. The second-order valence-corrected chi connectivity index (χ2v) is 8.26. The number of benzene rings is 2. The molecule has 6 nitrogen and oxygen atoms in total. The summed E-state index contributed by atoms with van der Waals surface area (Å²) in [5, 5.41) is 13.2. The van der Waals surface area contributed by atoms with Crippen LogP contribution in [0.2, 0.25) is 0 Å². The number of nitrogens with zero attached hydrogens (tertiary/aromatic N) is 4. The Hall–Kier alpha value is -3.53. The number of aryl methyl sites for hydroxylation is 1. The number of aromatic nitrogens is 1. The Morgan fingerprint density at radius 2 is 1.58 bits per heavy atom. The Balaban J connectivity index is 1.37. The number of carbonyl (C=O) groups excluding carboxylic acids is 1. The zero-order valence-electron chi connectivity index (χ0n) is 18.9. The van der Waals surface area contributed by atoms with Crippen molar-refractivity contribution < 1.29 is 4.79 Å². The highest BCUT2D eigenvalue weighted by molar-refractivity contribution is 5.78. The van der Waals surface area contributed by atoms with E-state index in [1.54, 1.807) is 6.20 Å². The van der Waals surface area contributed by atoms with Crippen molar-refractivity contribution >= 4 is 5.91 Å². The molecule has 33 heavy (non-hydrogen) atoms. The van der Waals surface area contributed by atoms with Gasteiger partial charge in [-0.25, -0.2) is 0 Å². The number of nitriles is 1. The first-order valence-corrected chi connectivity index (χ1v) is 11.3. The fourth-order valence-corrected chi connectivity index (χ4v) is 4.38. The molecule has 1 aromatic heterocycles. The van der Waals surface area contributed by atoms with Crippen molar-refractivity contribution in [3.63, 3.8) is 0 Å². The maximum atomic E-state index is 13.0. The van der Waals surface area contributed by atoms with Crippen LogP contribution in [0.3, 0.4) is 0 Å². The number of carbonyl (C=O) groups is 1. The van der Waals surface area contributed by atoms with E-state index in [0.29, 0.717) is 26.2 Å². The summed E-state index contributed by atoms with van der Waals surface area (Å²) < 4.78 is 0. The van der Waals surface area contributed by atoms with E-state index in [0.717, 1.165) is 22.4 Å². The molecule has 1 fully saturated rings. The minimum atomic E-state index is -0.338. The molecule has 1 saturated heterocycles. The van der Waals surface area contributed by atoms with E-state index >= 15 is 0 Å². The Morgan fingerprint density at radius 3 is 2.12 bits per heavy atom. The smallest absolute Gasteiger partial charge is 0.236 e. The van der Waals surface area contributed by atoms with Crippen LogP contribution < -0.4 is 5.32 Å². The van der Waals surface area contributed by atoms with Crippen LogP contribution in [-0.4, -0.2) is 53.4 Å². The molecule has 0 spiro atoms. The Morgan fingerprint density at radius 1 is 0.970 bits per heavy atom. The van der Waals surface area contributed by atoms with Crippen LogP contribution in [0.4, 0.5) is 0 Å². The van der Waals surface area contributed by atoms with E-state index in [4.69, 9.17) is 0 Å². The lowest BCUT2D eigenvalue weighted by molar-refractivity contribution is -0.132. The van der Waals surface area contributed by atoms with E-state index in [2.05, 4.69) is 45.5 Å². The summed E-state index contributed by atoms with van der Waals surface area (Å²) in [4.78, 5) is 21.4.